The van der Waals surface area contributed by atoms with E-state index in [0.717, 1.165) is 41.6 Å². The largest absolute Gasteiger partial charge is 0.395 e. The Kier molecular flexibility index (Phi) is 6.77. The summed E-state index contributed by atoms with van der Waals surface area (Å²) in [4.78, 5) is 2.63. The second-order valence-electron chi connectivity index (χ2n) is 9.55. The van der Waals surface area contributed by atoms with Crippen molar-refractivity contribution in [1.82, 2.24) is 9.21 Å². The molecule has 0 spiro atoms. The minimum absolute atomic E-state index is 0.00809. The molecule has 35 heavy (non-hydrogen) atoms. The third-order valence-electron chi connectivity index (χ3n) is 7.50. The molecule has 7 heteroatoms. The fourth-order valence-corrected chi connectivity index (χ4v) is 7.40. The first kappa shape index (κ1) is 24.1. The van der Waals surface area contributed by atoms with Gasteiger partial charge in [-0.05, 0) is 66.8 Å². The molecule has 2 heterocycles. The van der Waals surface area contributed by atoms with Gasteiger partial charge in [0, 0.05) is 31.1 Å². The van der Waals surface area contributed by atoms with Gasteiger partial charge in [0.05, 0.1) is 11.5 Å². The minimum Gasteiger partial charge on any atom is -0.395 e. The van der Waals surface area contributed by atoms with Gasteiger partial charge in [-0.3, -0.25) is 4.90 Å². The van der Waals surface area contributed by atoms with Gasteiger partial charge in [0.15, 0.2) is 0 Å². The maximum absolute atomic E-state index is 13.7. The van der Waals surface area contributed by atoms with Crippen LogP contribution in [0.4, 0.5) is 4.39 Å². The molecule has 2 fully saturated rings. The molecule has 5 rings (SSSR count). The zero-order chi connectivity index (χ0) is 24.6. The molecule has 2 aliphatic rings. The molecule has 2 saturated heterocycles. The molecule has 0 saturated carbocycles. The number of halogens is 1. The fraction of sp³-hybridized carbons (Fsp3) is 0.357. The first-order valence-corrected chi connectivity index (χ1v) is 13.6. The van der Waals surface area contributed by atoms with E-state index >= 15 is 0 Å². The molecule has 0 aliphatic carbocycles. The number of rotatable bonds is 5. The highest BCUT2D eigenvalue weighted by molar-refractivity contribution is 7.89. The standard InChI is InChI=1S/C28H31FN2O3S/c1-20-7-2-3-10-27(20)35(33,34)30-15-4-5-16-31-25(18-30)28(26(31)19-32)22-13-11-21(12-14-22)23-8-6-9-24(29)17-23/h2-3,6-14,17,25-26,28,32H,4-5,15-16,18-19H2,1H3/t25-,26-,28+/m1/s1. The molecule has 0 bridgehead atoms. The van der Waals surface area contributed by atoms with Gasteiger partial charge in [0.1, 0.15) is 5.82 Å². The number of hydrogen-bond donors (Lipinski definition) is 1. The maximum atomic E-state index is 13.7. The van der Waals surface area contributed by atoms with E-state index in [1.54, 1.807) is 22.5 Å². The zero-order valence-electron chi connectivity index (χ0n) is 19.8. The second-order valence-corrected chi connectivity index (χ2v) is 11.5. The Bertz CT molecular complexity index is 1300. The number of hydrogen-bond acceptors (Lipinski definition) is 4. The maximum Gasteiger partial charge on any atom is 0.243 e. The number of benzene rings is 3. The molecule has 2 aliphatic heterocycles. The Balaban J connectivity index is 1.43. The van der Waals surface area contributed by atoms with Crippen molar-refractivity contribution in [2.24, 2.45) is 0 Å². The number of fused-ring (bicyclic) bond motifs is 1. The highest BCUT2D eigenvalue weighted by Gasteiger charge is 2.50. The molecule has 184 valence electrons. The predicted octanol–water partition coefficient (Wildman–Crippen LogP) is 4.41. The minimum atomic E-state index is -3.62. The van der Waals surface area contributed by atoms with E-state index in [4.69, 9.17) is 0 Å². The second kappa shape index (κ2) is 9.82. The van der Waals surface area contributed by atoms with Crippen molar-refractivity contribution in [3.05, 3.63) is 89.7 Å². The van der Waals surface area contributed by atoms with Gasteiger partial charge in [-0.2, -0.15) is 4.31 Å². The van der Waals surface area contributed by atoms with Crippen molar-refractivity contribution in [3.8, 4) is 11.1 Å². The molecule has 0 aromatic heterocycles. The van der Waals surface area contributed by atoms with Gasteiger partial charge in [-0.1, -0.05) is 54.6 Å². The molecule has 0 radical (unpaired) electrons. The first-order valence-electron chi connectivity index (χ1n) is 12.2. The highest BCUT2D eigenvalue weighted by Crippen LogP contribution is 2.43. The van der Waals surface area contributed by atoms with Crippen LogP contribution in [0.2, 0.25) is 0 Å². The SMILES string of the molecule is Cc1ccccc1S(=O)(=O)N1CCCCN2[C@H](CO)[C@@H](c3ccc(-c4cccc(F)c4)cc3)[C@H]2C1. The molecule has 5 nitrogen and oxygen atoms in total. The molecular weight excluding hydrogens is 463 g/mol. The van der Waals surface area contributed by atoms with Crippen LogP contribution >= 0.6 is 0 Å². The number of sulfonamides is 1. The van der Waals surface area contributed by atoms with Crippen LogP contribution in [0.5, 0.6) is 0 Å². The summed E-state index contributed by atoms with van der Waals surface area (Å²) >= 11 is 0. The lowest BCUT2D eigenvalue weighted by atomic mass is 9.74. The Morgan fingerprint density at radius 3 is 2.40 bits per heavy atom. The van der Waals surface area contributed by atoms with Crippen molar-refractivity contribution < 1.29 is 17.9 Å². The molecule has 3 aromatic rings. The van der Waals surface area contributed by atoms with Crippen LogP contribution in [0, 0.1) is 12.7 Å². The summed E-state index contributed by atoms with van der Waals surface area (Å²) in [5.41, 5.74) is 3.55. The average molecular weight is 495 g/mol. The van der Waals surface area contributed by atoms with Crippen LogP contribution in [0.15, 0.2) is 77.7 Å². The lowest BCUT2D eigenvalue weighted by Crippen LogP contribution is -2.67. The van der Waals surface area contributed by atoms with Crippen molar-refractivity contribution in [1.29, 1.82) is 0 Å². The van der Waals surface area contributed by atoms with E-state index in [1.807, 2.05) is 49.4 Å². The molecule has 3 aromatic carbocycles. The quantitative estimate of drug-likeness (QED) is 0.571. The van der Waals surface area contributed by atoms with Crippen LogP contribution in [0.3, 0.4) is 0 Å². The Hall–Kier alpha value is -2.58. The van der Waals surface area contributed by atoms with Gasteiger partial charge in [-0.25, -0.2) is 12.8 Å². The number of aliphatic hydroxyl groups excluding tert-OH is 1. The van der Waals surface area contributed by atoms with Crippen molar-refractivity contribution in [3.63, 3.8) is 0 Å². The molecule has 1 N–H and O–H groups in total. The van der Waals surface area contributed by atoms with E-state index in [1.165, 1.54) is 12.1 Å². The molecule has 3 atom stereocenters. The third-order valence-corrected chi connectivity index (χ3v) is 9.52. The van der Waals surface area contributed by atoms with Gasteiger partial charge in [-0.15, -0.1) is 0 Å². The van der Waals surface area contributed by atoms with Gasteiger partial charge >= 0.3 is 0 Å². The zero-order valence-corrected chi connectivity index (χ0v) is 20.7. The van der Waals surface area contributed by atoms with Gasteiger partial charge in [0.25, 0.3) is 0 Å². The van der Waals surface area contributed by atoms with E-state index in [-0.39, 0.29) is 30.4 Å². The molecule has 0 unspecified atom stereocenters. The van der Waals surface area contributed by atoms with Crippen LogP contribution in [-0.2, 0) is 10.0 Å². The smallest absolute Gasteiger partial charge is 0.243 e. The Labute approximate surface area is 206 Å². The van der Waals surface area contributed by atoms with Crippen LogP contribution < -0.4 is 0 Å². The molecular formula is C28H31FN2O3S. The average Bonchev–Trinajstić information content (AvgIpc) is 2.83. The van der Waals surface area contributed by atoms with E-state index in [2.05, 4.69) is 4.90 Å². The topological polar surface area (TPSA) is 60.9 Å². The fourth-order valence-electron chi connectivity index (χ4n) is 5.68. The Morgan fingerprint density at radius 1 is 0.943 bits per heavy atom. The number of aliphatic hydroxyl groups is 1. The monoisotopic (exact) mass is 494 g/mol. The van der Waals surface area contributed by atoms with Gasteiger partial charge in [0.2, 0.25) is 10.0 Å². The summed E-state index contributed by atoms with van der Waals surface area (Å²) in [6.07, 6.45) is 1.68. The Morgan fingerprint density at radius 2 is 1.69 bits per heavy atom. The van der Waals surface area contributed by atoms with E-state index in [9.17, 15) is 17.9 Å². The van der Waals surface area contributed by atoms with Crippen LogP contribution in [-0.4, -0.2) is 61.1 Å². The summed E-state index contributed by atoms with van der Waals surface area (Å²) in [5.74, 6) is -0.250. The van der Waals surface area contributed by atoms with E-state index in [0.29, 0.717) is 18.0 Å². The summed E-state index contributed by atoms with van der Waals surface area (Å²) in [6, 6.07) is 21.6. The summed E-state index contributed by atoms with van der Waals surface area (Å²) in [6.45, 7) is 3.60. The first-order chi connectivity index (χ1) is 16.9. The van der Waals surface area contributed by atoms with Crippen molar-refractivity contribution in [2.45, 2.75) is 42.7 Å². The van der Waals surface area contributed by atoms with E-state index < -0.39 is 10.0 Å². The molecule has 0 amide bonds. The van der Waals surface area contributed by atoms with Crippen molar-refractivity contribution in [2.75, 3.05) is 26.2 Å². The number of aryl methyl sites for hydroxylation is 1. The summed E-state index contributed by atoms with van der Waals surface area (Å²) in [7, 11) is -3.62. The highest BCUT2D eigenvalue weighted by atomic mass is 32.2. The van der Waals surface area contributed by atoms with Crippen LogP contribution in [0.1, 0.15) is 29.9 Å². The van der Waals surface area contributed by atoms with Crippen LogP contribution in [0.25, 0.3) is 11.1 Å². The summed E-state index contributed by atoms with van der Waals surface area (Å²) in [5, 5.41) is 10.2. The lowest BCUT2D eigenvalue weighted by Gasteiger charge is -2.57. The predicted molar refractivity (Wildman–Crippen MR) is 135 cm³/mol. The normalized spacial score (nSPS) is 23.7. The number of nitrogens with zero attached hydrogens (tertiary/aromatic N) is 2. The third kappa shape index (κ3) is 4.54. The van der Waals surface area contributed by atoms with Crippen molar-refractivity contribution >= 4 is 10.0 Å². The lowest BCUT2D eigenvalue weighted by molar-refractivity contribution is -0.0553. The van der Waals surface area contributed by atoms with Gasteiger partial charge < -0.3 is 5.11 Å². The summed E-state index contributed by atoms with van der Waals surface area (Å²) < 4.78 is 42.5.